The SMILES string of the molecule is CCCCNC(c1cc2ccccc2n2nnnc12)c1nnnn1C1CCCCC1. The van der Waals surface area contributed by atoms with Gasteiger partial charge in [-0.3, -0.25) is 0 Å². The van der Waals surface area contributed by atoms with Gasteiger partial charge in [0.2, 0.25) is 0 Å². The quantitative estimate of drug-likeness (QED) is 0.471. The van der Waals surface area contributed by atoms with Crippen LogP contribution in [0.3, 0.4) is 0 Å². The molecule has 0 aliphatic heterocycles. The number of para-hydroxylation sites is 1. The van der Waals surface area contributed by atoms with Crippen molar-refractivity contribution < 1.29 is 0 Å². The lowest BCUT2D eigenvalue weighted by Gasteiger charge is -2.25. The topological polar surface area (TPSA) is 98.7 Å². The summed E-state index contributed by atoms with van der Waals surface area (Å²) >= 11 is 0. The Kier molecular flexibility index (Phi) is 5.35. The Morgan fingerprint density at radius 3 is 2.77 bits per heavy atom. The van der Waals surface area contributed by atoms with Crippen LogP contribution in [0.1, 0.15) is 75.3 Å². The number of benzene rings is 1. The first-order valence-corrected chi connectivity index (χ1v) is 11.0. The summed E-state index contributed by atoms with van der Waals surface area (Å²) in [6.45, 7) is 3.07. The Bertz CT molecular complexity index is 1130. The molecule has 0 bridgehead atoms. The maximum absolute atomic E-state index is 4.48. The second-order valence-corrected chi connectivity index (χ2v) is 8.09. The molecule has 1 fully saturated rings. The summed E-state index contributed by atoms with van der Waals surface area (Å²) in [5.74, 6) is 0.846. The van der Waals surface area contributed by atoms with Crippen LogP contribution in [-0.2, 0) is 0 Å². The van der Waals surface area contributed by atoms with Gasteiger partial charge in [0.25, 0.3) is 0 Å². The molecule has 1 aliphatic rings. The van der Waals surface area contributed by atoms with Gasteiger partial charge in [0.15, 0.2) is 11.5 Å². The molecule has 0 spiro atoms. The molecule has 1 unspecified atom stereocenters. The molecule has 1 saturated carbocycles. The zero-order valence-electron chi connectivity index (χ0n) is 17.3. The summed E-state index contributed by atoms with van der Waals surface area (Å²) < 4.78 is 3.85. The molecule has 30 heavy (non-hydrogen) atoms. The predicted octanol–water partition coefficient (Wildman–Crippen LogP) is 3.25. The number of hydrogen-bond acceptors (Lipinski definition) is 7. The second kappa shape index (κ2) is 8.43. The highest BCUT2D eigenvalue weighted by molar-refractivity contribution is 5.83. The van der Waals surface area contributed by atoms with Crippen LogP contribution in [0, 0.1) is 0 Å². The maximum Gasteiger partial charge on any atom is 0.185 e. The Hall–Kier alpha value is -2.94. The third kappa shape index (κ3) is 3.43. The van der Waals surface area contributed by atoms with Gasteiger partial charge in [0.1, 0.15) is 0 Å². The molecule has 0 saturated heterocycles. The first-order chi connectivity index (χ1) is 14.9. The van der Waals surface area contributed by atoms with Crippen LogP contribution in [-0.4, -0.2) is 46.8 Å². The van der Waals surface area contributed by atoms with Gasteiger partial charge < -0.3 is 5.32 Å². The van der Waals surface area contributed by atoms with Crippen molar-refractivity contribution >= 4 is 16.6 Å². The molecule has 1 N–H and O–H groups in total. The van der Waals surface area contributed by atoms with Crippen molar-refractivity contribution in [1.29, 1.82) is 0 Å². The summed E-state index contributed by atoms with van der Waals surface area (Å²) in [5, 5.41) is 30.3. The number of aromatic nitrogens is 8. The molecule has 1 aromatic carbocycles. The number of fused-ring (bicyclic) bond motifs is 3. The summed E-state index contributed by atoms with van der Waals surface area (Å²) in [4.78, 5) is 0. The molecule has 0 radical (unpaired) electrons. The minimum atomic E-state index is -0.174. The summed E-state index contributed by atoms with van der Waals surface area (Å²) in [6, 6.07) is 10.5. The van der Waals surface area contributed by atoms with E-state index in [1.165, 1.54) is 19.3 Å². The van der Waals surface area contributed by atoms with E-state index in [1.54, 1.807) is 0 Å². The highest BCUT2D eigenvalue weighted by Crippen LogP contribution is 2.32. The van der Waals surface area contributed by atoms with Crippen molar-refractivity contribution in [3.8, 4) is 0 Å². The van der Waals surface area contributed by atoms with Crippen LogP contribution in [0.15, 0.2) is 30.3 Å². The minimum absolute atomic E-state index is 0.174. The van der Waals surface area contributed by atoms with Crippen LogP contribution in [0.2, 0.25) is 0 Å². The summed E-state index contributed by atoms with van der Waals surface area (Å²) in [6.07, 6.45) is 8.20. The van der Waals surface area contributed by atoms with E-state index in [0.717, 1.165) is 60.2 Å². The van der Waals surface area contributed by atoms with Crippen molar-refractivity contribution in [2.24, 2.45) is 0 Å². The number of pyridine rings is 1. The van der Waals surface area contributed by atoms with Crippen molar-refractivity contribution in [2.45, 2.75) is 64.0 Å². The average molecular weight is 406 g/mol. The summed E-state index contributed by atoms with van der Waals surface area (Å²) in [7, 11) is 0. The standard InChI is InChI=1S/C21H27N9/c1-2-3-13-22-19(21-24-26-27-29(21)16-10-5-4-6-11-16)17-14-15-9-7-8-12-18(15)30-20(17)23-25-28-30/h7-9,12,14,16,19,22H,2-6,10-11,13H2,1H3. The molecular weight excluding hydrogens is 378 g/mol. The van der Waals surface area contributed by atoms with Crippen LogP contribution < -0.4 is 5.32 Å². The lowest BCUT2D eigenvalue weighted by molar-refractivity contribution is 0.311. The van der Waals surface area contributed by atoms with E-state index in [9.17, 15) is 0 Å². The van der Waals surface area contributed by atoms with Gasteiger partial charge in [-0.15, -0.1) is 10.2 Å². The van der Waals surface area contributed by atoms with E-state index < -0.39 is 0 Å². The fraction of sp³-hybridized carbons (Fsp3) is 0.524. The van der Waals surface area contributed by atoms with Crippen molar-refractivity contribution in [2.75, 3.05) is 6.54 Å². The van der Waals surface area contributed by atoms with Crippen molar-refractivity contribution in [3.05, 3.63) is 41.7 Å². The molecule has 4 aromatic rings. The van der Waals surface area contributed by atoms with E-state index in [-0.39, 0.29) is 6.04 Å². The fourth-order valence-corrected chi connectivity index (χ4v) is 4.52. The Labute approximate surface area is 174 Å². The van der Waals surface area contributed by atoms with Crippen LogP contribution in [0.5, 0.6) is 0 Å². The number of hydrogen-bond donors (Lipinski definition) is 1. The highest BCUT2D eigenvalue weighted by Gasteiger charge is 2.28. The normalized spacial score (nSPS) is 16.4. The third-order valence-electron chi connectivity index (χ3n) is 6.09. The van der Waals surface area contributed by atoms with Gasteiger partial charge in [-0.2, -0.15) is 4.52 Å². The summed E-state index contributed by atoms with van der Waals surface area (Å²) in [5.41, 5.74) is 2.72. The minimum Gasteiger partial charge on any atom is -0.303 e. The Morgan fingerprint density at radius 2 is 1.90 bits per heavy atom. The molecule has 9 heteroatoms. The van der Waals surface area contributed by atoms with E-state index in [0.29, 0.717) is 6.04 Å². The number of rotatable bonds is 7. The molecule has 156 valence electrons. The number of unbranched alkanes of at least 4 members (excludes halogenated alkanes) is 1. The van der Waals surface area contributed by atoms with E-state index in [2.05, 4.69) is 55.4 Å². The van der Waals surface area contributed by atoms with Gasteiger partial charge in [-0.05, 0) is 58.8 Å². The molecular formula is C21H27N9. The Balaban J connectivity index is 1.64. The van der Waals surface area contributed by atoms with Crippen molar-refractivity contribution in [1.82, 2.24) is 45.6 Å². The van der Waals surface area contributed by atoms with E-state index in [4.69, 9.17) is 0 Å². The largest absolute Gasteiger partial charge is 0.303 e. The molecule has 1 aliphatic carbocycles. The molecule has 3 heterocycles. The number of tetrazole rings is 2. The van der Waals surface area contributed by atoms with Gasteiger partial charge in [0, 0.05) is 10.9 Å². The third-order valence-corrected chi connectivity index (χ3v) is 6.09. The van der Waals surface area contributed by atoms with Crippen LogP contribution >= 0.6 is 0 Å². The molecule has 1 atom stereocenters. The first kappa shape index (κ1) is 19.0. The highest BCUT2D eigenvalue weighted by atomic mass is 15.6. The number of nitrogens with zero attached hydrogens (tertiary/aromatic N) is 8. The molecule has 0 amide bonds. The van der Waals surface area contributed by atoms with Crippen LogP contribution in [0.25, 0.3) is 16.6 Å². The van der Waals surface area contributed by atoms with Gasteiger partial charge in [-0.1, -0.05) is 50.8 Å². The van der Waals surface area contributed by atoms with Crippen molar-refractivity contribution in [3.63, 3.8) is 0 Å². The second-order valence-electron chi connectivity index (χ2n) is 8.09. The average Bonchev–Trinajstić information content (AvgIpc) is 3.47. The Morgan fingerprint density at radius 1 is 1.07 bits per heavy atom. The lowest BCUT2D eigenvalue weighted by atomic mass is 9.95. The monoisotopic (exact) mass is 405 g/mol. The zero-order valence-corrected chi connectivity index (χ0v) is 17.3. The van der Waals surface area contributed by atoms with E-state index in [1.807, 2.05) is 27.4 Å². The van der Waals surface area contributed by atoms with Gasteiger partial charge >= 0.3 is 0 Å². The smallest absolute Gasteiger partial charge is 0.185 e. The molecule has 3 aromatic heterocycles. The lowest BCUT2D eigenvalue weighted by Crippen LogP contribution is -2.29. The van der Waals surface area contributed by atoms with E-state index >= 15 is 0 Å². The zero-order chi connectivity index (χ0) is 20.3. The molecule has 5 rings (SSSR count). The predicted molar refractivity (Wildman–Crippen MR) is 113 cm³/mol. The fourth-order valence-electron chi connectivity index (χ4n) is 4.52. The maximum atomic E-state index is 4.48. The van der Waals surface area contributed by atoms with Crippen LogP contribution in [0.4, 0.5) is 0 Å². The molecule has 9 nitrogen and oxygen atoms in total. The first-order valence-electron chi connectivity index (χ1n) is 11.0. The number of nitrogens with one attached hydrogen (secondary N) is 1. The van der Waals surface area contributed by atoms with Gasteiger partial charge in [0.05, 0.1) is 17.6 Å². The van der Waals surface area contributed by atoms with Gasteiger partial charge in [-0.25, -0.2) is 4.68 Å².